The standard InChI is InChI=1S/C4H8O.C2H2/c1-3-4(2)5;1-2/h3H2,1-2H3;1-2H. The van der Waals surface area contributed by atoms with Crippen LogP contribution in [0.15, 0.2) is 0 Å². The summed E-state index contributed by atoms with van der Waals surface area (Å²) in [6.07, 6.45) is 8.67. The van der Waals surface area contributed by atoms with Gasteiger partial charge in [-0.15, -0.1) is 12.8 Å². The average Bonchev–Trinajstić information content (AvgIpc) is 1.73. The van der Waals surface area contributed by atoms with Gasteiger partial charge in [0.1, 0.15) is 5.78 Å². The van der Waals surface area contributed by atoms with Crippen LogP contribution < -0.4 is 0 Å². The first kappa shape index (κ1) is 9.52. The van der Waals surface area contributed by atoms with Crippen LogP contribution in [0.2, 0.25) is 0 Å². The molecule has 40 valence electrons. The normalized spacial score (nSPS) is 5.71. The summed E-state index contributed by atoms with van der Waals surface area (Å²) >= 11 is 0. The van der Waals surface area contributed by atoms with E-state index in [1.54, 1.807) is 6.92 Å². The third kappa shape index (κ3) is 36.1. The molecule has 1 heteroatoms. The van der Waals surface area contributed by atoms with E-state index in [0.29, 0.717) is 6.42 Å². The third-order valence-corrected chi connectivity index (χ3v) is 0.498. The maximum absolute atomic E-state index is 9.81. The van der Waals surface area contributed by atoms with Crippen molar-refractivity contribution >= 4 is 5.78 Å². The van der Waals surface area contributed by atoms with Crippen LogP contribution in [0.4, 0.5) is 0 Å². The number of terminal acetylenes is 1. The van der Waals surface area contributed by atoms with Crippen LogP contribution in [0.25, 0.3) is 0 Å². The Labute approximate surface area is 44.7 Å². The van der Waals surface area contributed by atoms with E-state index in [1.165, 1.54) is 0 Å². The van der Waals surface area contributed by atoms with Gasteiger partial charge < -0.3 is 4.79 Å². The molecule has 0 fully saturated rings. The van der Waals surface area contributed by atoms with Gasteiger partial charge in [-0.1, -0.05) is 6.92 Å². The van der Waals surface area contributed by atoms with Crippen LogP contribution in [0, 0.1) is 12.8 Å². The highest BCUT2D eigenvalue weighted by Crippen LogP contribution is 1.71. The number of rotatable bonds is 1. The summed E-state index contributed by atoms with van der Waals surface area (Å²) in [6.45, 7) is 3.43. The van der Waals surface area contributed by atoms with Gasteiger partial charge in [-0.3, -0.25) is 0 Å². The van der Waals surface area contributed by atoms with Gasteiger partial charge in [-0.05, 0) is 6.92 Å². The summed E-state index contributed by atoms with van der Waals surface area (Å²) in [7, 11) is 0. The highest BCUT2D eigenvalue weighted by molar-refractivity contribution is 5.74. The minimum atomic E-state index is 0.255. The molecule has 0 atom stereocenters. The van der Waals surface area contributed by atoms with E-state index in [0.717, 1.165) is 0 Å². The molecule has 0 N–H and O–H groups in total. The lowest BCUT2D eigenvalue weighted by molar-refractivity contribution is -0.116. The number of carbonyl (C=O) groups is 1. The molecule has 0 bridgehead atoms. The lowest BCUT2D eigenvalue weighted by Crippen LogP contribution is -1.80. The largest absolute Gasteiger partial charge is 0.300 e. The van der Waals surface area contributed by atoms with Crippen molar-refractivity contribution in [3.05, 3.63) is 0 Å². The molecule has 0 aromatic rings. The molecule has 0 amide bonds. The van der Waals surface area contributed by atoms with Crippen molar-refractivity contribution in [2.75, 3.05) is 0 Å². The maximum Gasteiger partial charge on any atom is 0.129 e. The SMILES string of the molecule is C#C.CCC(C)=O. The fourth-order valence-corrected chi connectivity index (χ4v) is 0. The highest BCUT2D eigenvalue weighted by Gasteiger charge is 1.76. The van der Waals surface area contributed by atoms with Crippen LogP contribution in [0.1, 0.15) is 20.3 Å². The zero-order valence-corrected chi connectivity index (χ0v) is 4.77. The second-order valence-corrected chi connectivity index (χ2v) is 1.06. The van der Waals surface area contributed by atoms with Crippen LogP contribution in [-0.4, -0.2) is 5.78 Å². The van der Waals surface area contributed by atoms with Gasteiger partial charge in [-0.25, -0.2) is 0 Å². The number of hydrogen-bond donors (Lipinski definition) is 0. The molecule has 0 heterocycles. The van der Waals surface area contributed by atoms with E-state index in [9.17, 15) is 4.79 Å². The van der Waals surface area contributed by atoms with Crippen molar-refractivity contribution in [1.82, 2.24) is 0 Å². The quantitative estimate of drug-likeness (QED) is 0.451. The first-order valence-corrected chi connectivity index (χ1v) is 2.10. The number of carbonyl (C=O) groups excluding carboxylic acids is 1. The van der Waals surface area contributed by atoms with Gasteiger partial charge in [0.2, 0.25) is 0 Å². The first-order valence-electron chi connectivity index (χ1n) is 2.10. The monoisotopic (exact) mass is 98.1 g/mol. The second-order valence-electron chi connectivity index (χ2n) is 1.06. The molecule has 0 aliphatic heterocycles. The molecule has 0 rings (SSSR count). The van der Waals surface area contributed by atoms with Gasteiger partial charge in [0.15, 0.2) is 0 Å². The van der Waals surface area contributed by atoms with Crippen molar-refractivity contribution in [3.63, 3.8) is 0 Å². The van der Waals surface area contributed by atoms with Gasteiger partial charge in [0.25, 0.3) is 0 Å². The molecular formula is C6H10O. The smallest absolute Gasteiger partial charge is 0.129 e. The minimum Gasteiger partial charge on any atom is -0.300 e. The molecule has 0 aromatic carbocycles. The Morgan fingerprint density at radius 3 is 1.71 bits per heavy atom. The van der Waals surface area contributed by atoms with Gasteiger partial charge in [0, 0.05) is 6.42 Å². The summed E-state index contributed by atoms with van der Waals surface area (Å²) in [5.41, 5.74) is 0. The Kier molecular flexibility index (Phi) is 12.2. The van der Waals surface area contributed by atoms with Crippen LogP contribution >= 0.6 is 0 Å². The highest BCUT2D eigenvalue weighted by atomic mass is 16.1. The van der Waals surface area contributed by atoms with Gasteiger partial charge in [0.05, 0.1) is 0 Å². The van der Waals surface area contributed by atoms with Crippen LogP contribution in [0.5, 0.6) is 0 Å². The topological polar surface area (TPSA) is 17.1 Å². The second kappa shape index (κ2) is 8.97. The maximum atomic E-state index is 9.81. The first-order chi connectivity index (χ1) is 3.27. The van der Waals surface area contributed by atoms with E-state index < -0.39 is 0 Å². The molecule has 7 heavy (non-hydrogen) atoms. The average molecular weight is 98.1 g/mol. The van der Waals surface area contributed by atoms with Crippen LogP contribution in [-0.2, 0) is 4.79 Å². The summed E-state index contributed by atoms with van der Waals surface area (Å²) in [5.74, 6) is 0.255. The molecule has 1 nitrogen and oxygen atoms in total. The zero-order chi connectivity index (χ0) is 6.28. The molecule has 0 spiro atoms. The lowest BCUT2D eigenvalue weighted by atomic mass is 10.4. The minimum absolute atomic E-state index is 0.255. The van der Waals surface area contributed by atoms with Crippen molar-refractivity contribution < 1.29 is 4.79 Å². The third-order valence-electron chi connectivity index (χ3n) is 0.498. The number of ketones is 1. The Morgan fingerprint density at radius 2 is 1.71 bits per heavy atom. The lowest BCUT2D eigenvalue weighted by Gasteiger charge is -1.71. The van der Waals surface area contributed by atoms with Gasteiger partial charge in [-0.2, -0.15) is 0 Å². The molecule has 0 saturated heterocycles. The predicted octanol–water partition coefficient (Wildman–Crippen LogP) is 1.23. The fraction of sp³-hybridized carbons (Fsp3) is 0.500. The summed E-state index contributed by atoms with van der Waals surface area (Å²) < 4.78 is 0. The predicted molar refractivity (Wildman–Crippen MR) is 30.9 cm³/mol. The van der Waals surface area contributed by atoms with E-state index in [-0.39, 0.29) is 5.78 Å². The molecule has 0 aliphatic rings. The van der Waals surface area contributed by atoms with E-state index in [2.05, 4.69) is 12.8 Å². The molecule has 0 unspecified atom stereocenters. The molecule has 0 saturated carbocycles. The molecule has 0 radical (unpaired) electrons. The summed E-state index contributed by atoms with van der Waals surface area (Å²) in [4.78, 5) is 9.81. The summed E-state index contributed by atoms with van der Waals surface area (Å²) in [5, 5.41) is 0. The van der Waals surface area contributed by atoms with Crippen molar-refractivity contribution in [3.8, 4) is 12.8 Å². The fourth-order valence-electron chi connectivity index (χ4n) is 0. The van der Waals surface area contributed by atoms with Gasteiger partial charge >= 0.3 is 0 Å². The van der Waals surface area contributed by atoms with E-state index in [1.807, 2.05) is 6.92 Å². The Hall–Kier alpha value is -0.770. The Balaban J connectivity index is 0. The molecular weight excluding hydrogens is 88.1 g/mol. The van der Waals surface area contributed by atoms with Crippen LogP contribution in [0.3, 0.4) is 0 Å². The summed E-state index contributed by atoms with van der Waals surface area (Å²) in [6, 6.07) is 0. The number of hydrogen-bond acceptors (Lipinski definition) is 1. The van der Waals surface area contributed by atoms with Crippen molar-refractivity contribution in [1.29, 1.82) is 0 Å². The van der Waals surface area contributed by atoms with E-state index >= 15 is 0 Å². The zero-order valence-electron chi connectivity index (χ0n) is 4.77. The van der Waals surface area contributed by atoms with E-state index in [4.69, 9.17) is 0 Å². The Bertz CT molecular complexity index is 61.8. The van der Waals surface area contributed by atoms with Crippen molar-refractivity contribution in [2.45, 2.75) is 20.3 Å². The molecule has 0 aromatic heterocycles. The number of Topliss-reactive ketones (excluding diaryl/α,β-unsaturated/α-hetero) is 1. The van der Waals surface area contributed by atoms with Crippen molar-refractivity contribution in [2.24, 2.45) is 0 Å². The Morgan fingerprint density at radius 1 is 1.57 bits per heavy atom. The molecule has 0 aliphatic carbocycles.